The van der Waals surface area contributed by atoms with Crippen molar-refractivity contribution in [3.8, 4) is 34.5 Å². The highest BCUT2D eigenvalue weighted by Gasteiger charge is 2.18. The number of hydrogen-bond acceptors (Lipinski definition) is 10. The molecule has 1 heterocycles. The van der Waals surface area contributed by atoms with Crippen LogP contribution < -0.4 is 28.4 Å². The van der Waals surface area contributed by atoms with Gasteiger partial charge in [0.1, 0.15) is 0 Å². The molecule has 2 amide bonds. The molecule has 12 nitrogen and oxygen atoms in total. The third kappa shape index (κ3) is 13.2. The number of carbonyl (C=O) groups is 2. The van der Waals surface area contributed by atoms with E-state index in [9.17, 15) is 9.59 Å². The summed E-state index contributed by atoms with van der Waals surface area (Å²) in [5, 5.41) is 0. The summed E-state index contributed by atoms with van der Waals surface area (Å²) in [6.45, 7) is 12.7. The van der Waals surface area contributed by atoms with Gasteiger partial charge in [-0.25, -0.2) is 0 Å². The molecule has 0 aromatic heterocycles. The first-order chi connectivity index (χ1) is 26.2. The van der Waals surface area contributed by atoms with Crippen LogP contribution in [0.1, 0.15) is 37.8 Å². The van der Waals surface area contributed by atoms with E-state index in [4.69, 9.17) is 28.4 Å². The third-order valence-corrected chi connectivity index (χ3v) is 9.31. The van der Waals surface area contributed by atoms with E-state index in [0.717, 1.165) is 63.2 Å². The first kappa shape index (κ1) is 43.5. The van der Waals surface area contributed by atoms with Crippen molar-refractivity contribution in [3.63, 3.8) is 0 Å². The van der Waals surface area contributed by atoms with Crippen LogP contribution in [0.5, 0.6) is 34.5 Å². The molecule has 1 aliphatic heterocycles. The Labute approximate surface area is 322 Å². The topological polar surface area (TPSA) is 102 Å². The predicted octanol–water partition coefficient (Wildman–Crippen LogP) is 5.67. The number of nitrogens with zero attached hydrogens (tertiary/aromatic N) is 4. The number of hydrogen-bond donors (Lipinski definition) is 0. The monoisotopic (exact) mass is 748 g/mol. The van der Waals surface area contributed by atoms with Crippen molar-refractivity contribution in [2.24, 2.45) is 0 Å². The normalized spacial score (nSPS) is 13.9. The maximum Gasteiger partial charge on any atom is 0.246 e. The van der Waals surface area contributed by atoms with Crippen LogP contribution in [0.3, 0.4) is 0 Å². The molecule has 1 aliphatic rings. The lowest BCUT2D eigenvalue weighted by atomic mass is 10.1. The predicted molar refractivity (Wildman–Crippen MR) is 215 cm³/mol. The highest BCUT2D eigenvalue weighted by molar-refractivity contribution is 5.88. The zero-order valence-electron chi connectivity index (χ0n) is 33.5. The number of benzene rings is 2. The Morgan fingerprint density at radius 2 is 0.889 bits per heavy atom. The van der Waals surface area contributed by atoms with Crippen LogP contribution in [0.25, 0.3) is 12.2 Å². The zero-order chi connectivity index (χ0) is 39.3. The lowest BCUT2D eigenvalue weighted by Crippen LogP contribution is -2.47. The van der Waals surface area contributed by atoms with E-state index in [1.165, 1.54) is 0 Å². The number of likely N-dealkylation sites (N-methyl/N-ethyl adjacent to an activating group) is 2. The molecule has 1 saturated heterocycles. The van der Waals surface area contributed by atoms with Crippen LogP contribution in [-0.4, -0.2) is 140 Å². The van der Waals surface area contributed by atoms with E-state index in [2.05, 4.69) is 9.80 Å². The van der Waals surface area contributed by atoms with E-state index >= 15 is 0 Å². The van der Waals surface area contributed by atoms with Crippen molar-refractivity contribution < 1.29 is 38.0 Å². The number of carbonyl (C=O) groups excluding carboxylic acids is 2. The largest absolute Gasteiger partial charge is 0.493 e. The molecule has 0 N–H and O–H groups in total. The maximum absolute atomic E-state index is 12.9. The first-order valence-corrected chi connectivity index (χ1v) is 18.6. The van der Waals surface area contributed by atoms with Gasteiger partial charge in [0.05, 0.1) is 42.7 Å². The van der Waals surface area contributed by atoms with Crippen molar-refractivity contribution >= 4 is 24.0 Å². The molecule has 0 atom stereocenters. The average molecular weight is 749 g/mol. The van der Waals surface area contributed by atoms with Crippen LogP contribution in [0, 0.1) is 0 Å². The van der Waals surface area contributed by atoms with Crippen molar-refractivity contribution in [2.75, 3.05) is 108 Å². The van der Waals surface area contributed by atoms with Crippen molar-refractivity contribution in [1.82, 2.24) is 19.6 Å². The lowest BCUT2D eigenvalue weighted by Gasteiger charge is -2.35. The van der Waals surface area contributed by atoms with Crippen LogP contribution in [-0.2, 0) is 9.59 Å². The Bertz CT molecular complexity index is 1430. The van der Waals surface area contributed by atoms with Gasteiger partial charge in [0.15, 0.2) is 23.0 Å². The van der Waals surface area contributed by atoms with Gasteiger partial charge in [-0.1, -0.05) is 36.5 Å². The highest BCUT2D eigenvalue weighted by Crippen LogP contribution is 2.39. The molecular formula is C42H60N4O8. The summed E-state index contributed by atoms with van der Waals surface area (Å²) in [4.78, 5) is 34.4. The van der Waals surface area contributed by atoms with E-state index in [-0.39, 0.29) is 11.8 Å². The zero-order valence-corrected chi connectivity index (χ0v) is 33.5. The fourth-order valence-corrected chi connectivity index (χ4v) is 6.27. The Morgan fingerprint density at radius 1 is 0.556 bits per heavy atom. The molecule has 0 saturated carbocycles. The fraction of sp³-hybridized carbons (Fsp3) is 0.476. The molecule has 1 fully saturated rings. The van der Waals surface area contributed by atoms with Crippen LogP contribution in [0.4, 0.5) is 0 Å². The van der Waals surface area contributed by atoms with E-state index in [0.29, 0.717) is 60.7 Å². The summed E-state index contributed by atoms with van der Waals surface area (Å²) in [5.41, 5.74) is 1.74. The fourth-order valence-electron chi connectivity index (χ4n) is 6.27. The molecule has 12 heteroatoms. The molecule has 0 spiro atoms. The minimum Gasteiger partial charge on any atom is -0.493 e. The van der Waals surface area contributed by atoms with Gasteiger partial charge in [-0.15, -0.1) is 0 Å². The molecule has 54 heavy (non-hydrogen) atoms. The molecule has 0 bridgehead atoms. The van der Waals surface area contributed by atoms with Crippen molar-refractivity contribution in [1.29, 1.82) is 0 Å². The van der Waals surface area contributed by atoms with E-state index in [1.54, 1.807) is 67.0 Å². The summed E-state index contributed by atoms with van der Waals surface area (Å²) in [5.74, 6) is 3.38. The van der Waals surface area contributed by atoms with E-state index < -0.39 is 0 Å². The number of amides is 2. The summed E-state index contributed by atoms with van der Waals surface area (Å²) in [6.07, 6.45) is 16.0. The molecule has 296 valence electrons. The minimum atomic E-state index is -0.000860. The number of ether oxygens (including phenoxy) is 6. The minimum absolute atomic E-state index is 0.000860. The van der Waals surface area contributed by atoms with Gasteiger partial charge in [0.2, 0.25) is 23.3 Å². The summed E-state index contributed by atoms with van der Waals surface area (Å²) >= 11 is 0. The first-order valence-electron chi connectivity index (χ1n) is 18.6. The number of allylic oxidation sites excluding steroid dienone is 4. The molecule has 2 aromatic rings. The average Bonchev–Trinajstić information content (AvgIpc) is 3.20. The molecule has 3 rings (SSSR count). The van der Waals surface area contributed by atoms with Gasteiger partial charge >= 0.3 is 0 Å². The quantitative estimate of drug-likeness (QED) is 0.111. The van der Waals surface area contributed by atoms with Crippen molar-refractivity contribution in [2.45, 2.75) is 26.7 Å². The van der Waals surface area contributed by atoms with Gasteiger partial charge in [-0.3, -0.25) is 9.59 Å². The Morgan fingerprint density at radius 3 is 1.17 bits per heavy atom. The van der Waals surface area contributed by atoms with Gasteiger partial charge in [-0.05, 0) is 75.2 Å². The van der Waals surface area contributed by atoms with Gasteiger partial charge in [-0.2, -0.15) is 0 Å². The maximum atomic E-state index is 12.9. The SMILES string of the molecule is CCN(CCCN1CCN(CCCN(CC)C(=O)C=CC=Cc2cc(OC)c(OC)c(OC)c2)CC1)C(=O)C=CC=Cc1cc(OC)c(OC)c(OC)c1. The molecule has 0 unspecified atom stereocenters. The molecular weight excluding hydrogens is 688 g/mol. The Balaban J connectivity index is 1.36. The summed E-state index contributed by atoms with van der Waals surface area (Å²) in [7, 11) is 9.48. The number of methoxy groups -OCH3 is 6. The lowest BCUT2D eigenvalue weighted by molar-refractivity contribution is -0.126. The second kappa shape index (κ2) is 23.7. The molecule has 0 aliphatic carbocycles. The van der Waals surface area contributed by atoms with Gasteiger partial charge in [0.25, 0.3) is 0 Å². The Kier molecular flexibility index (Phi) is 19.1. The highest BCUT2D eigenvalue weighted by atomic mass is 16.5. The molecule has 0 radical (unpaired) electrons. The van der Waals surface area contributed by atoms with Crippen LogP contribution in [0.2, 0.25) is 0 Å². The number of piperazine rings is 1. The van der Waals surface area contributed by atoms with Gasteiger partial charge in [0, 0.05) is 64.5 Å². The molecule has 2 aromatic carbocycles. The Hall–Kier alpha value is -4.94. The second-order valence-electron chi connectivity index (χ2n) is 12.6. The summed E-state index contributed by atoms with van der Waals surface area (Å²) < 4.78 is 32.4. The second-order valence-corrected chi connectivity index (χ2v) is 12.6. The smallest absolute Gasteiger partial charge is 0.246 e. The van der Waals surface area contributed by atoms with E-state index in [1.807, 2.05) is 72.2 Å². The van der Waals surface area contributed by atoms with Crippen molar-refractivity contribution in [3.05, 3.63) is 71.8 Å². The van der Waals surface area contributed by atoms with Crippen LogP contribution >= 0.6 is 0 Å². The number of rotatable bonds is 22. The van der Waals surface area contributed by atoms with Gasteiger partial charge < -0.3 is 48.0 Å². The van der Waals surface area contributed by atoms with Crippen LogP contribution in [0.15, 0.2) is 60.7 Å². The summed E-state index contributed by atoms with van der Waals surface area (Å²) in [6, 6.07) is 7.43. The standard InChI is InChI=1S/C42H60N4O8/c1-9-45(39(47)19-13-11-17-33-29-35(49-3)41(53-7)36(30-33)50-4)23-15-21-43-25-27-44(28-26-43)22-16-24-46(10-2)40(48)20-14-12-18-34-31-37(51-5)42(54-8)38(32-34)52-6/h11-14,17-20,29-32H,9-10,15-16,21-28H2,1-8H3. The third-order valence-electron chi connectivity index (χ3n) is 9.31.